The maximum atomic E-state index is 11.9. The summed E-state index contributed by atoms with van der Waals surface area (Å²) in [5.74, 6) is 0.107. The van der Waals surface area contributed by atoms with E-state index in [1.165, 1.54) is 0 Å². The van der Waals surface area contributed by atoms with Gasteiger partial charge in [0.2, 0.25) is 0 Å². The molecule has 1 aliphatic rings. The molecular weight excluding hydrogens is 308 g/mol. The van der Waals surface area contributed by atoms with Crippen LogP contribution in [0.3, 0.4) is 0 Å². The van der Waals surface area contributed by atoms with Crippen LogP contribution >= 0.6 is 0 Å². The fourth-order valence-corrected chi connectivity index (χ4v) is 2.81. The first-order chi connectivity index (χ1) is 11.6. The number of ether oxygens (including phenoxy) is 1. The lowest BCUT2D eigenvalue weighted by Gasteiger charge is -2.11. The van der Waals surface area contributed by atoms with Crippen LogP contribution < -0.4 is 15.4 Å². The molecule has 0 aliphatic carbocycles. The van der Waals surface area contributed by atoms with Crippen molar-refractivity contribution in [3.8, 4) is 11.5 Å². The number of phenolic OH excluding ortho intramolecular Hbond substituents is 1. The van der Waals surface area contributed by atoms with Gasteiger partial charge in [-0.25, -0.2) is 0 Å². The number of rotatable bonds is 6. The monoisotopic (exact) mass is 326 g/mol. The number of aryl methyl sites for hydroxylation is 1. The second-order valence-electron chi connectivity index (χ2n) is 5.54. The zero-order chi connectivity index (χ0) is 17.1. The van der Waals surface area contributed by atoms with Crippen molar-refractivity contribution in [3.63, 3.8) is 0 Å². The highest BCUT2D eigenvalue weighted by atomic mass is 16.5. The average molecular weight is 326 g/mol. The zero-order valence-electron chi connectivity index (χ0n) is 13.3. The Labute approximate surface area is 139 Å². The Balaban J connectivity index is 1.63. The van der Waals surface area contributed by atoms with Gasteiger partial charge in [0, 0.05) is 18.3 Å². The molecule has 0 saturated carbocycles. The molecule has 0 radical (unpaired) electrons. The molecule has 0 aromatic heterocycles. The summed E-state index contributed by atoms with van der Waals surface area (Å²) in [5.41, 5.74) is 2.48. The van der Waals surface area contributed by atoms with Crippen molar-refractivity contribution in [1.29, 1.82) is 0 Å². The normalized spacial score (nSPS) is 12.7. The predicted octanol–water partition coefficient (Wildman–Crippen LogP) is 2.33. The molecule has 6 heteroatoms. The lowest BCUT2D eigenvalue weighted by Crippen LogP contribution is -2.20. The summed E-state index contributed by atoms with van der Waals surface area (Å²) >= 11 is 0. The molecule has 2 aromatic rings. The van der Waals surface area contributed by atoms with E-state index in [1.807, 2.05) is 6.07 Å². The lowest BCUT2D eigenvalue weighted by molar-refractivity contribution is 0.0880. The number of methoxy groups -OCH3 is 1. The van der Waals surface area contributed by atoms with Gasteiger partial charge in [-0.15, -0.1) is 0 Å². The number of amides is 2. The van der Waals surface area contributed by atoms with E-state index in [-0.39, 0.29) is 17.6 Å². The number of aromatic hydroxyl groups is 1. The molecule has 2 amide bonds. The van der Waals surface area contributed by atoms with E-state index in [9.17, 15) is 14.7 Å². The van der Waals surface area contributed by atoms with E-state index in [2.05, 4.69) is 10.6 Å². The van der Waals surface area contributed by atoms with Crippen LogP contribution in [-0.2, 0) is 6.42 Å². The van der Waals surface area contributed by atoms with Crippen LogP contribution in [-0.4, -0.2) is 30.6 Å². The number of phenols is 1. The van der Waals surface area contributed by atoms with Gasteiger partial charge >= 0.3 is 0 Å². The van der Waals surface area contributed by atoms with Crippen LogP contribution in [0.5, 0.6) is 11.5 Å². The topological polar surface area (TPSA) is 87.7 Å². The summed E-state index contributed by atoms with van der Waals surface area (Å²) in [6.45, 7) is 0.641. The first kappa shape index (κ1) is 15.9. The van der Waals surface area contributed by atoms with E-state index < -0.39 is 0 Å². The Hall–Kier alpha value is -3.02. The van der Waals surface area contributed by atoms with Crippen molar-refractivity contribution in [2.24, 2.45) is 0 Å². The molecule has 124 valence electrons. The summed E-state index contributed by atoms with van der Waals surface area (Å²) in [6.07, 6.45) is 1.57. The minimum absolute atomic E-state index is 0.171. The fraction of sp³-hybridized carbons (Fsp3) is 0.222. The SMILES string of the molecule is COc1cc(O)ccc1CCCNc1cccc2c1C(=O)NC2=O. The van der Waals surface area contributed by atoms with Gasteiger partial charge in [-0.1, -0.05) is 12.1 Å². The van der Waals surface area contributed by atoms with Crippen LogP contribution in [0, 0.1) is 0 Å². The Morgan fingerprint density at radius 3 is 2.79 bits per heavy atom. The van der Waals surface area contributed by atoms with Gasteiger partial charge in [0.25, 0.3) is 11.8 Å². The van der Waals surface area contributed by atoms with E-state index in [4.69, 9.17) is 4.74 Å². The maximum Gasteiger partial charge on any atom is 0.261 e. The van der Waals surface area contributed by atoms with E-state index in [0.717, 1.165) is 18.4 Å². The second-order valence-corrected chi connectivity index (χ2v) is 5.54. The van der Waals surface area contributed by atoms with Gasteiger partial charge in [0.05, 0.1) is 18.2 Å². The molecular formula is C18H18N2O4. The van der Waals surface area contributed by atoms with Crippen molar-refractivity contribution in [2.45, 2.75) is 12.8 Å². The number of carbonyl (C=O) groups excluding carboxylic acids is 2. The third kappa shape index (κ3) is 3.03. The lowest BCUT2D eigenvalue weighted by atomic mass is 10.1. The van der Waals surface area contributed by atoms with Crippen LogP contribution in [0.2, 0.25) is 0 Å². The molecule has 1 aliphatic heterocycles. The molecule has 3 N–H and O–H groups in total. The van der Waals surface area contributed by atoms with E-state index >= 15 is 0 Å². The Morgan fingerprint density at radius 1 is 1.17 bits per heavy atom. The van der Waals surface area contributed by atoms with Crippen molar-refractivity contribution in [2.75, 3.05) is 19.0 Å². The summed E-state index contributed by atoms with van der Waals surface area (Å²) in [7, 11) is 1.57. The Bertz CT molecular complexity index is 802. The van der Waals surface area contributed by atoms with Crippen molar-refractivity contribution >= 4 is 17.5 Å². The smallest absolute Gasteiger partial charge is 0.261 e. The highest BCUT2D eigenvalue weighted by Gasteiger charge is 2.28. The summed E-state index contributed by atoms with van der Waals surface area (Å²) < 4.78 is 5.26. The number of carbonyl (C=O) groups is 2. The number of imide groups is 1. The second kappa shape index (κ2) is 6.62. The molecule has 24 heavy (non-hydrogen) atoms. The number of fused-ring (bicyclic) bond motifs is 1. The first-order valence-corrected chi connectivity index (χ1v) is 7.68. The molecule has 0 spiro atoms. The van der Waals surface area contributed by atoms with Gasteiger partial charge in [0.15, 0.2) is 0 Å². The first-order valence-electron chi connectivity index (χ1n) is 7.68. The number of nitrogens with one attached hydrogen (secondary N) is 2. The largest absolute Gasteiger partial charge is 0.508 e. The molecule has 2 aromatic carbocycles. The molecule has 0 atom stereocenters. The molecule has 6 nitrogen and oxygen atoms in total. The third-order valence-electron chi connectivity index (χ3n) is 3.97. The van der Waals surface area contributed by atoms with Gasteiger partial charge in [0.1, 0.15) is 11.5 Å². The van der Waals surface area contributed by atoms with E-state index in [1.54, 1.807) is 37.4 Å². The minimum Gasteiger partial charge on any atom is -0.508 e. The summed E-state index contributed by atoms with van der Waals surface area (Å²) in [6, 6.07) is 10.2. The quantitative estimate of drug-likeness (QED) is 0.560. The van der Waals surface area contributed by atoms with Crippen LogP contribution in [0.1, 0.15) is 32.7 Å². The summed E-state index contributed by atoms with van der Waals surface area (Å²) in [4.78, 5) is 23.5. The van der Waals surface area contributed by atoms with E-state index in [0.29, 0.717) is 29.1 Å². The number of hydrogen-bond acceptors (Lipinski definition) is 5. The predicted molar refractivity (Wildman–Crippen MR) is 89.7 cm³/mol. The Kier molecular flexibility index (Phi) is 4.37. The van der Waals surface area contributed by atoms with Gasteiger partial charge in [-0.3, -0.25) is 14.9 Å². The summed E-state index contributed by atoms with van der Waals surface area (Å²) in [5, 5.41) is 15.0. The van der Waals surface area contributed by atoms with Crippen molar-refractivity contribution in [1.82, 2.24) is 5.32 Å². The van der Waals surface area contributed by atoms with Crippen LogP contribution in [0.15, 0.2) is 36.4 Å². The highest BCUT2D eigenvalue weighted by molar-refractivity contribution is 6.23. The molecule has 3 rings (SSSR count). The van der Waals surface area contributed by atoms with Crippen LogP contribution in [0.25, 0.3) is 0 Å². The van der Waals surface area contributed by atoms with Gasteiger partial charge < -0.3 is 15.2 Å². The number of hydrogen-bond donors (Lipinski definition) is 3. The molecule has 0 saturated heterocycles. The minimum atomic E-state index is -0.363. The fourth-order valence-electron chi connectivity index (χ4n) is 2.81. The van der Waals surface area contributed by atoms with Crippen molar-refractivity contribution in [3.05, 3.63) is 53.1 Å². The van der Waals surface area contributed by atoms with Gasteiger partial charge in [-0.05, 0) is 36.6 Å². The van der Waals surface area contributed by atoms with Gasteiger partial charge in [-0.2, -0.15) is 0 Å². The molecule has 0 bridgehead atoms. The van der Waals surface area contributed by atoms with Crippen LogP contribution in [0.4, 0.5) is 5.69 Å². The highest BCUT2D eigenvalue weighted by Crippen LogP contribution is 2.26. The number of anilines is 1. The maximum absolute atomic E-state index is 11.9. The number of benzene rings is 2. The molecule has 0 fully saturated rings. The molecule has 0 unspecified atom stereocenters. The van der Waals surface area contributed by atoms with Crippen molar-refractivity contribution < 1.29 is 19.4 Å². The average Bonchev–Trinajstić information content (AvgIpc) is 2.87. The standard InChI is InChI=1S/C18H18N2O4/c1-24-15-10-12(21)8-7-11(15)4-3-9-19-14-6-2-5-13-16(14)18(23)20-17(13)22/h2,5-8,10,19,21H,3-4,9H2,1H3,(H,20,22,23). The molecule has 1 heterocycles. The third-order valence-corrected chi connectivity index (χ3v) is 3.97. The zero-order valence-corrected chi connectivity index (χ0v) is 13.3. The Morgan fingerprint density at radius 2 is 2.00 bits per heavy atom.